The Kier molecular flexibility index (Phi) is 2.52. The standard InChI is InChI=1S/C12H17N3O/c1-16-12-9-7-13-6-5-10(9)14-11(15-12)8-3-2-4-8/h8,13H,2-7H2,1H3. The third-order valence-electron chi connectivity index (χ3n) is 3.58. The summed E-state index contributed by atoms with van der Waals surface area (Å²) >= 11 is 0. The van der Waals surface area contributed by atoms with E-state index in [1.807, 2.05) is 0 Å². The summed E-state index contributed by atoms with van der Waals surface area (Å²) in [6.07, 6.45) is 4.78. The number of nitrogens with one attached hydrogen (secondary N) is 1. The Bertz CT molecular complexity index is 384. The summed E-state index contributed by atoms with van der Waals surface area (Å²) in [4.78, 5) is 9.27. The molecule has 3 rings (SSSR count). The van der Waals surface area contributed by atoms with Crippen LogP contribution in [-0.2, 0) is 13.0 Å². The minimum Gasteiger partial charge on any atom is -0.481 e. The van der Waals surface area contributed by atoms with E-state index in [-0.39, 0.29) is 0 Å². The van der Waals surface area contributed by atoms with Crippen LogP contribution in [0.3, 0.4) is 0 Å². The first kappa shape index (κ1) is 10.0. The molecule has 4 nitrogen and oxygen atoms in total. The molecule has 1 saturated carbocycles. The van der Waals surface area contributed by atoms with Crippen molar-refractivity contribution < 1.29 is 4.74 Å². The van der Waals surface area contributed by atoms with E-state index in [2.05, 4.69) is 10.3 Å². The van der Waals surface area contributed by atoms with Crippen molar-refractivity contribution >= 4 is 0 Å². The Hall–Kier alpha value is -1.16. The van der Waals surface area contributed by atoms with Crippen molar-refractivity contribution in [3.05, 3.63) is 17.1 Å². The molecule has 1 N–H and O–H groups in total. The Labute approximate surface area is 95.4 Å². The molecule has 0 aromatic carbocycles. The van der Waals surface area contributed by atoms with Crippen LogP contribution in [-0.4, -0.2) is 23.6 Å². The minimum atomic E-state index is 0.578. The van der Waals surface area contributed by atoms with Gasteiger partial charge < -0.3 is 10.1 Å². The third-order valence-corrected chi connectivity index (χ3v) is 3.58. The molecule has 16 heavy (non-hydrogen) atoms. The molecule has 4 heteroatoms. The smallest absolute Gasteiger partial charge is 0.221 e. The van der Waals surface area contributed by atoms with Crippen LogP contribution in [0.2, 0.25) is 0 Å². The lowest BCUT2D eigenvalue weighted by molar-refractivity contribution is 0.362. The first-order valence-electron chi connectivity index (χ1n) is 6.03. The van der Waals surface area contributed by atoms with Crippen molar-refractivity contribution in [2.45, 2.75) is 38.1 Å². The molecule has 2 aliphatic rings. The zero-order valence-corrected chi connectivity index (χ0v) is 9.62. The normalized spacial score (nSPS) is 20.1. The zero-order chi connectivity index (χ0) is 11.0. The average molecular weight is 219 g/mol. The third kappa shape index (κ3) is 1.57. The Morgan fingerprint density at radius 2 is 2.19 bits per heavy atom. The van der Waals surface area contributed by atoms with Crippen LogP contribution in [0.15, 0.2) is 0 Å². The second-order valence-electron chi connectivity index (χ2n) is 4.57. The predicted octanol–water partition coefficient (Wildman–Crippen LogP) is 1.40. The number of rotatable bonds is 2. The molecule has 2 heterocycles. The van der Waals surface area contributed by atoms with Crippen molar-refractivity contribution in [2.24, 2.45) is 0 Å². The van der Waals surface area contributed by atoms with Gasteiger partial charge in [-0.15, -0.1) is 0 Å². The van der Waals surface area contributed by atoms with E-state index in [0.717, 1.165) is 36.8 Å². The lowest BCUT2D eigenvalue weighted by atomic mass is 9.84. The van der Waals surface area contributed by atoms with Gasteiger partial charge in [0.15, 0.2) is 0 Å². The maximum atomic E-state index is 5.38. The molecule has 1 fully saturated rings. The van der Waals surface area contributed by atoms with E-state index in [4.69, 9.17) is 9.72 Å². The highest BCUT2D eigenvalue weighted by atomic mass is 16.5. The number of ether oxygens (including phenoxy) is 1. The average Bonchev–Trinajstić information content (AvgIpc) is 2.25. The molecule has 0 saturated heterocycles. The molecule has 1 aromatic rings. The molecular formula is C12H17N3O. The van der Waals surface area contributed by atoms with Crippen molar-refractivity contribution in [1.29, 1.82) is 0 Å². The van der Waals surface area contributed by atoms with Gasteiger partial charge in [-0.1, -0.05) is 6.42 Å². The number of hydrogen-bond donors (Lipinski definition) is 1. The number of aromatic nitrogens is 2. The fraction of sp³-hybridized carbons (Fsp3) is 0.667. The van der Waals surface area contributed by atoms with Gasteiger partial charge in [-0.2, -0.15) is 4.98 Å². The number of methoxy groups -OCH3 is 1. The van der Waals surface area contributed by atoms with Gasteiger partial charge in [0.2, 0.25) is 5.88 Å². The summed E-state index contributed by atoms with van der Waals surface area (Å²) in [5, 5.41) is 3.33. The van der Waals surface area contributed by atoms with E-state index >= 15 is 0 Å². The van der Waals surface area contributed by atoms with Crippen molar-refractivity contribution in [1.82, 2.24) is 15.3 Å². The summed E-state index contributed by atoms with van der Waals surface area (Å²) in [5.74, 6) is 2.36. The molecule has 0 atom stereocenters. The lowest BCUT2D eigenvalue weighted by Crippen LogP contribution is -2.27. The van der Waals surface area contributed by atoms with Crippen molar-refractivity contribution in [3.63, 3.8) is 0 Å². The maximum Gasteiger partial charge on any atom is 0.221 e. The Morgan fingerprint density at radius 1 is 1.31 bits per heavy atom. The largest absolute Gasteiger partial charge is 0.481 e. The van der Waals surface area contributed by atoms with Crippen molar-refractivity contribution in [3.8, 4) is 5.88 Å². The van der Waals surface area contributed by atoms with Gasteiger partial charge >= 0.3 is 0 Å². The molecule has 1 aromatic heterocycles. The van der Waals surface area contributed by atoms with E-state index in [0.29, 0.717) is 5.92 Å². The number of nitrogens with zero attached hydrogens (tertiary/aromatic N) is 2. The molecule has 0 unspecified atom stereocenters. The highest BCUT2D eigenvalue weighted by Crippen LogP contribution is 2.36. The van der Waals surface area contributed by atoms with Gasteiger partial charge in [0.1, 0.15) is 5.82 Å². The van der Waals surface area contributed by atoms with Gasteiger partial charge in [0, 0.05) is 31.0 Å². The Morgan fingerprint density at radius 3 is 2.88 bits per heavy atom. The van der Waals surface area contributed by atoms with E-state index in [1.54, 1.807) is 7.11 Å². The summed E-state index contributed by atoms with van der Waals surface area (Å²) in [6, 6.07) is 0. The van der Waals surface area contributed by atoms with Crippen LogP contribution in [0.4, 0.5) is 0 Å². The molecule has 1 aliphatic carbocycles. The molecular weight excluding hydrogens is 202 g/mol. The highest BCUT2D eigenvalue weighted by molar-refractivity contribution is 5.33. The van der Waals surface area contributed by atoms with Crippen molar-refractivity contribution in [2.75, 3.05) is 13.7 Å². The quantitative estimate of drug-likeness (QED) is 0.816. The first-order valence-corrected chi connectivity index (χ1v) is 6.03. The van der Waals surface area contributed by atoms with Crippen LogP contribution in [0.5, 0.6) is 5.88 Å². The predicted molar refractivity (Wildman–Crippen MR) is 60.6 cm³/mol. The highest BCUT2D eigenvalue weighted by Gasteiger charge is 2.26. The summed E-state index contributed by atoms with van der Waals surface area (Å²) < 4.78 is 5.38. The fourth-order valence-electron chi connectivity index (χ4n) is 2.35. The second-order valence-corrected chi connectivity index (χ2v) is 4.57. The summed E-state index contributed by atoms with van der Waals surface area (Å²) in [7, 11) is 1.70. The number of fused-ring (bicyclic) bond motifs is 1. The molecule has 0 amide bonds. The minimum absolute atomic E-state index is 0.578. The van der Waals surface area contributed by atoms with E-state index in [1.165, 1.54) is 25.0 Å². The summed E-state index contributed by atoms with van der Waals surface area (Å²) in [6.45, 7) is 1.85. The van der Waals surface area contributed by atoms with E-state index in [9.17, 15) is 0 Å². The monoisotopic (exact) mass is 219 g/mol. The molecule has 0 radical (unpaired) electrons. The topological polar surface area (TPSA) is 47.0 Å². The van der Waals surface area contributed by atoms with Crippen LogP contribution in [0.1, 0.15) is 42.3 Å². The van der Waals surface area contributed by atoms with Crippen LogP contribution < -0.4 is 10.1 Å². The van der Waals surface area contributed by atoms with E-state index < -0.39 is 0 Å². The molecule has 0 spiro atoms. The molecule has 86 valence electrons. The fourth-order valence-corrected chi connectivity index (χ4v) is 2.35. The van der Waals surface area contributed by atoms with Crippen LogP contribution in [0.25, 0.3) is 0 Å². The Balaban J connectivity index is 2.01. The van der Waals surface area contributed by atoms with Gasteiger partial charge in [0.25, 0.3) is 0 Å². The van der Waals surface area contributed by atoms with Gasteiger partial charge in [0.05, 0.1) is 12.8 Å². The molecule has 1 aliphatic heterocycles. The molecule has 0 bridgehead atoms. The first-order chi connectivity index (χ1) is 7.88. The van der Waals surface area contributed by atoms with Gasteiger partial charge in [-0.25, -0.2) is 4.98 Å². The van der Waals surface area contributed by atoms with Crippen LogP contribution in [0, 0.1) is 0 Å². The SMILES string of the molecule is COc1nc(C2CCC2)nc2c1CNCC2. The lowest BCUT2D eigenvalue weighted by Gasteiger charge is -2.26. The van der Waals surface area contributed by atoms with Crippen LogP contribution >= 0.6 is 0 Å². The maximum absolute atomic E-state index is 5.38. The zero-order valence-electron chi connectivity index (χ0n) is 9.62. The second kappa shape index (κ2) is 4.01. The summed E-state index contributed by atoms with van der Waals surface area (Å²) in [5.41, 5.74) is 2.34. The van der Waals surface area contributed by atoms with Gasteiger partial charge in [-0.3, -0.25) is 0 Å². The number of hydrogen-bond acceptors (Lipinski definition) is 4. The van der Waals surface area contributed by atoms with Gasteiger partial charge in [-0.05, 0) is 12.8 Å².